The molecule has 3 heterocycles. The quantitative estimate of drug-likeness (QED) is 0.571. The first kappa shape index (κ1) is 10.4. The van der Waals surface area contributed by atoms with E-state index in [4.69, 9.17) is 0 Å². The Bertz CT molecular complexity index is 725. The zero-order chi connectivity index (χ0) is 12.5. The van der Waals surface area contributed by atoms with Crippen LogP contribution in [0.2, 0.25) is 0 Å². The van der Waals surface area contributed by atoms with E-state index in [1.807, 2.05) is 0 Å². The SMILES string of the molecule is Cc1nc(NCc2ncn[nH]2)cc2n[nH]c(=O)n12. The fourth-order valence-corrected chi connectivity index (χ4v) is 1.68. The lowest BCUT2D eigenvalue weighted by Crippen LogP contribution is -2.14. The van der Waals surface area contributed by atoms with E-state index in [0.717, 1.165) is 0 Å². The van der Waals surface area contributed by atoms with Gasteiger partial charge in [0.2, 0.25) is 0 Å². The van der Waals surface area contributed by atoms with E-state index in [2.05, 4.69) is 35.7 Å². The Morgan fingerprint density at radius 3 is 3.11 bits per heavy atom. The smallest absolute Gasteiger partial charge is 0.349 e. The average molecular weight is 246 g/mol. The Hall–Kier alpha value is -2.71. The first-order valence-corrected chi connectivity index (χ1v) is 5.27. The van der Waals surface area contributed by atoms with Crippen LogP contribution in [-0.2, 0) is 6.54 Å². The lowest BCUT2D eigenvalue weighted by molar-refractivity contribution is 0.914. The highest BCUT2D eigenvalue weighted by atomic mass is 16.1. The highest BCUT2D eigenvalue weighted by Gasteiger charge is 2.06. The van der Waals surface area contributed by atoms with Gasteiger partial charge in [-0.15, -0.1) is 0 Å². The van der Waals surface area contributed by atoms with Gasteiger partial charge < -0.3 is 5.32 Å². The number of hydrogen-bond acceptors (Lipinski definition) is 6. The summed E-state index contributed by atoms with van der Waals surface area (Å²) in [5, 5.41) is 15.8. The molecule has 0 fully saturated rings. The summed E-state index contributed by atoms with van der Waals surface area (Å²) in [5.41, 5.74) is 0.226. The third-order valence-electron chi connectivity index (χ3n) is 2.47. The van der Waals surface area contributed by atoms with Gasteiger partial charge in [-0.3, -0.25) is 5.10 Å². The van der Waals surface area contributed by atoms with E-state index in [0.29, 0.717) is 29.7 Å². The van der Waals surface area contributed by atoms with Gasteiger partial charge in [0.1, 0.15) is 23.8 Å². The van der Waals surface area contributed by atoms with Crippen LogP contribution < -0.4 is 11.0 Å². The summed E-state index contributed by atoms with van der Waals surface area (Å²) in [6, 6.07) is 1.68. The van der Waals surface area contributed by atoms with Crippen LogP contribution in [0.5, 0.6) is 0 Å². The number of nitrogens with one attached hydrogen (secondary N) is 3. The predicted molar refractivity (Wildman–Crippen MR) is 62.1 cm³/mol. The van der Waals surface area contributed by atoms with E-state index in [1.165, 1.54) is 10.7 Å². The van der Waals surface area contributed by atoms with E-state index >= 15 is 0 Å². The second-order valence-electron chi connectivity index (χ2n) is 3.70. The van der Waals surface area contributed by atoms with Gasteiger partial charge in [-0.1, -0.05) is 0 Å². The molecule has 0 bridgehead atoms. The van der Waals surface area contributed by atoms with Gasteiger partial charge in [-0.2, -0.15) is 10.2 Å². The Morgan fingerprint density at radius 1 is 1.44 bits per heavy atom. The maximum absolute atomic E-state index is 11.4. The van der Waals surface area contributed by atoms with E-state index in [9.17, 15) is 4.79 Å². The van der Waals surface area contributed by atoms with Crippen LogP contribution in [0.25, 0.3) is 5.65 Å². The number of H-pyrrole nitrogens is 2. The van der Waals surface area contributed by atoms with Crippen LogP contribution in [0.3, 0.4) is 0 Å². The number of anilines is 1. The van der Waals surface area contributed by atoms with Gasteiger partial charge in [0.15, 0.2) is 5.65 Å². The first-order valence-electron chi connectivity index (χ1n) is 5.27. The maximum atomic E-state index is 11.4. The molecule has 0 amide bonds. The van der Waals surface area contributed by atoms with E-state index in [1.54, 1.807) is 13.0 Å². The molecule has 3 rings (SSSR count). The highest BCUT2D eigenvalue weighted by molar-refractivity contribution is 5.49. The molecule has 0 aliphatic heterocycles. The molecule has 0 aromatic carbocycles. The van der Waals surface area contributed by atoms with Crippen LogP contribution in [0.4, 0.5) is 5.82 Å². The number of aryl methyl sites for hydroxylation is 1. The Labute approximate surface area is 100 Å². The molecular formula is C9H10N8O. The topological polar surface area (TPSA) is 117 Å². The zero-order valence-corrected chi connectivity index (χ0v) is 9.51. The molecule has 18 heavy (non-hydrogen) atoms. The van der Waals surface area contributed by atoms with Crippen LogP contribution in [0, 0.1) is 6.92 Å². The van der Waals surface area contributed by atoms with Crippen molar-refractivity contribution in [2.24, 2.45) is 0 Å². The van der Waals surface area contributed by atoms with Crippen molar-refractivity contribution < 1.29 is 0 Å². The van der Waals surface area contributed by atoms with E-state index < -0.39 is 0 Å². The molecule has 0 atom stereocenters. The van der Waals surface area contributed by atoms with Crippen molar-refractivity contribution in [3.63, 3.8) is 0 Å². The Balaban J connectivity index is 1.91. The minimum atomic E-state index is -0.295. The summed E-state index contributed by atoms with van der Waals surface area (Å²) in [4.78, 5) is 19.7. The molecule has 0 aliphatic rings. The van der Waals surface area contributed by atoms with Crippen LogP contribution in [0.1, 0.15) is 11.6 Å². The number of hydrogen-bond donors (Lipinski definition) is 3. The summed E-state index contributed by atoms with van der Waals surface area (Å²) in [5.74, 6) is 1.88. The Morgan fingerprint density at radius 2 is 2.33 bits per heavy atom. The number of fused-ring (bicyclic) bond motifs is 1. The zero-order valence-electron chi connectivity index (χ0n) is 9.51. The van der Waals surface area contributed by atoms with Gasteiger partial charge in [0.25, 0.3) is 0 Å². The van der Waals surface area contributed by atoms with Gasteiger partial charge in [-0.05, 0) is 6.92 Å². The molecule has 3 N–H and O–H groups in total. The normalized spacial score (nSPS) is 10.9. The molecule has 9 nitrogen and oxygen atoms in total. The maximum Gasteiger partial charge on any atom is 0.349 e. The van der Waals surface area contributed by atoms with Crippen molar-refractivity contribution in [2.45, 2.75) is 13.5 Å². The molecule has 3 aromatic heterocycles. The molecule has 3 aromatic rings. The molecule has 92 valence electrons. The number of rotatable bonds is 3. The second kappa shape index (κ2) is 3.95. The molecule has 0 spiro atoms. The fourth-order valence-electron chi connectivity index (χ4n) is 1.68. The monoisotopic (exact) mass is 246 g/mol. The van der Waals surface area contributed by atoms with Gasteiger partial charge in [0, 0.05) is 6.07 Å². The summed E-state index contributed by atoms with van der Waals surface area (Å²) < 4.78 is 1.40. The van der Waals surface area contributed by atoms with E-state index in [-0.39, 0.29) is 5.69 Å². The van der Waals surface area contributed by atoms with Crippen LogP contribution >= 0.6 is 0 Å². The molecule has 0 unspecified atom stereocenters. The predicted octanol–water partition coefficient (Wildman–Crippen LogP) is -0.544. The Kier molecular flexibility index (Phi) is 2.29. The van der Waals surface area contributed by atoms with Crippen molar-refractivity contribution in [2.75, 3.05) is 5.32 Å². The third kappa shape index (κ3) is 1.71. The molecule has 0 aliphatic carbocycles. The van der Waals surface area contributed by atoms with Crippen molar-refractivity contribution in [1.82, 2.24) is 34.8 Å². The lowest BCUT2D eigenvalue weighted by atomic mass is 10.5. The molecular weight excluding hydrogens is 236 g/mol. The lowest BCUT2D eigenvalue weighted by Gasteiger charge is -2.05. The first-order chi connectivity index (χ1) is 8.74. The van der Waals surface area contributed by atoms with Crippen molar-refractivity contribution in [3.8, 4) is 0 Å². The van der Waals surface area contributed by atoms with Crippen molar-refractivity contribution in [1.29, 1.82) is 0 Å². The molecule has 0 radical (unpaired) electrons. The minimum absolute atomic E-state index is 0.295. The van der Waals surface area contributed by atoms with Crippen molar-refractivity contribution >= 4 is 11.5 Å². The van der Waals surface area contributed by atoms with Crippen molar-refractivity contribution in [3.05, 3.63) is 34.5 Å². The summed E-state index contributed by atoms with van der Waals surface area (Å²) in [6.07, 6.45) is 1.44. The number of aromatic nitrogens is 7. The van der Waals surface area contributed by atoms with Crippen LogP contribution in [-0.4, -0.2) is 34.8 Å². The van der Waals surface area contributed by atoms with Gasteiger partial charge in [0.05, 0.1) is 6.54 Å². The summed E-state index contributed by atoms with van der Waals surface area (Å²) >= 11 is 0. The van der Waals surface area contributed by atoms with Gasteiger partial charge in [-0.25, -0.2) is 24.3 Å². The molecule has 0 saturated carbocycles. The van der Waals surface area contributed by atoms with Crippen LogP contribution in [0.15, 0.2) is 17.2 Å². The minimum Gasteiger partial charge on any atom is -0.363 e. The highest BCUT2D eigenvalue weighted by Crippen LogP contribution is 2.08. The largest absolute Gasteiger partial charge is 0.363 e. The summed E-state index contributed by atoms with van der Waals surface area (Å²) in [7, 11) is 0. The summed E-state index contributed by atoms with van der Waals surface area (Å²) in [6.45, 7) is 2.21. The number of aromatic amines is 2. The fraction of sp³-hybridized carbons (Fsp3) is 0.222. The molecule has 0 saturated heterocycles. The standard InChI is InChI=1S/C9H10N8O/c1-5-13-6(10-3-7-11-4-12-14-7)2-8-15-16-9(18)17(5)8/h2,4,10H,3H2,1H3,(H,16,18)(H,11,12,14). The second-order valence-corrected chi connectivity index (χ2v) is 3.70. The number of nitrogens with zero attached hydrogens (tertiary/aromatic N) is 5. The van der Waals surface area contributed by atoms with Gasteiger partial charge >= 0.3 is 5.69 Å². The molecule has 9 heteroatoms. The average Bonchev–Trinajstić information content (AvgIpc) is 2.97. The third-order valence-corrected chi connectivity index (χ3v) is 2.47.